The van der Waals surface area contributed by atoms with Crippen LogP contribution in [0.3, 0.4) is 0 Å². The van der Waals surface area contributed by atoms with Crippen LogP contribution in [0.5, 0.6) is 5.75 Å². The van der Waals surface area contributed by atoms with Gasteiger partial charge in [-0.2, -0.15) is 5.26 Å². The van der Waals surface area contributed by atoms with Crippen molar-refractivity contribution in [2.75, 3.05) is 6.51 Å². The first-order valence-electron chi connectivity index (χ1n) is 3.85. The van der Waals surface area contributed by atoms with E-state index in [0.29, 0.717) is 5.56 Å². The molecule has 0 atom stereocenters. The summed E-state index contributed by atoms with van der Waals surface area (Å²) in [4.78, 5) is 0. The number of benzene rings is 1. The van der Waals surface area contributed by atoms with Crippen molar-refractivity contribution in [3.63, 3.8) is 0 Å². The van der Waals surface area contributed by atoms with Crippen molar-refractivity contribution < 1.29 is 69.1 Å². The van der Waals surface area contributed by atoms with Gasteiger partial charge in [0.05, 0.1) is 18.1 Å². The number of rotatable bonds is 3. The fourth-order valence-corrected chi connectivity index (χ4v) is 0.816. The molecule has 1 aromatic rings. The molecule has 15 heavy (non-hydrogen) atoms. The minimum absolute atomic E-state index is 0. The topological polar surface area (TPSA) is 33.0 Å². The second kappa shape index (κ2) is 6.56. The zero-order valence-electron chi connectivity index (χ0n) is 8.08. The van der Waals surface area contributed by atoms with Crippen molar-refractivity contribution in [2.24, 2.45) is 0 Å². The van der Waals surface area contributed by atoms with Gasteiger partial charge in [-0.25, -0.2) is 0 Å². The van der Waals surface area contributed by atoms with E-state index < -0.39 is 13.5 Å². The van der Waals surface area contributed by atoms with Gasteiger partial charge in [0.1, 0.15) is 5.75 Å². The van der Waals surface area contributed by atoms with Crippen molar-refractivity contribution in [1.29, 1.82) is 5.26 Å². The smallest absolute Gasteiger partial charge is 0.522 e. The minimum Gasteiger partial charge on any atom is -0.522 e. The third-order valence-corrected chi connectivity index (χ3v) is 1.42. The maximum absolute atomic E-state index is 11.8. The fraction of sp³-hybridized carbons (Fsp3) is 0.125. The van der Waals surface area contributed by atoms with Crippen LogP contribution in [0.1, 0.15) is 5.56 Å². The normalized spacial score (nSPS) is 10.0. The van der Waals surface area contributed by atoms with Gasteiger partial charge < -0.3 is 17.7 Å². The van der Waals surface area contributed by atoms with Crippen molar-refractivity contribution >= 4 is 6.98 Å². The van der Waals surface area contributed by atoms with Gasteiger partial charge in [-0.1, -0.05) is 0 Å². The number of halogens is 3. The Labute approximate surface area is 128 Å². The zero-order chi connectivity index (χ0) is 10.6. The molecule has 74 valence electrons. The van der Waals surface area contributed by atoms with E-state index in [1.807, 2.05) is 6.07 Å². The first-order valence-corrected chi connectivity index (χ1v) is 3.85. The van der Waals surface area contributed by atoms with Gasteiger partial charge in [0.2, 0.25) is 0 Å². The molecule has 0 heterocycles. The van der Waals surface area contributed by atoms with Gasteiger partial charge >= 0.3 is 58.4 Å². The minimum atomic E-state index is -4.93. The van der Waals surface area contributed by atoms with Gasteiger partial charge in [0.15, 0.2) is 0 Å². The molecule has 2 nitrogen and oxygen atoms in total. The van der Waals surface area contributed by atoms with E-state index in [0.717, 1.165) is 0 Å². The molecule has 0 saturated carbocycles. The van der Waals surface area contributed by atoms with Crippen LogP contribution in [-0.4, -0.2) is 13.5 Å². The monoisotopic (exact) mass is 239 g/mol. The molecule has 0 aliphatic carbocycles. The Morgan fingerprint density at radius 1 is 1.20 bits per heavy atom. The summed E-state index contributed by atoms with van der Waals surface area (Å²) in [5.74, 6) is 0.114. The maximum atomic E-state index is 11.8. The summed E-state index contributed by atoms with van der Waals surface area (Å²) < 4.78 is 39.8. The molecule has 0 radical (unpaired) electrons. The average Bonchev–Trinajstić information content (AvgIpc) is 2.14. The average molecular weight is 239 g/mol. The molecule has 1 aromatic carbocycles. The summed E-state index contributed by atoms with van der Waals surface area (Å²) in [7, 11) is 0. The third kappa shape index (κ3) is 6.22. The van der Waals surface area contributed by atoms with Crippen LogP contribution >= 0.6 is 0 Å². The molecule has 7 heteroatoms. The molecule has 0 aliphatic heterocycles. The Balaban J connectivity index is 0.00000196. The number of hydrogen-bond donors (Lipinski definition) is 0. The van der Waals surface area contributed by atoms with Crippen LogP contribution in [-0.2, 0) is 0 Å². The summed E-state index contributed by atoms with van der Waals surface area (Å²) in [6, 6.07) is 7.32. The number of nitrogens with zero attached hydrogens (tertiary/aromatic N) is 1. The van der Waals surface area contributed by atoms with Crippen LogP contribution in [0.4, 0.5) is 12.9 Å². The Morgan fingerprint density at radius 2 is 1.73 bits per heavy atom. The quantitative estimate of drug-likeness (QED) is 0.655. The summed E-state index contributed by atoms with van der Waals surface area (Å²) >= 11 is 0. The maximum Gasteiger partial charge on any atom is 1.00 e. The van der Waals surface area contributed by atoms with Crippen LogP contribution in [0.25, 0.3) is 0 Å². The Kier molecular flexibility index (Phi) is 6.56. The standard InChI is InChI=1S/C8H6BF3NO.K/c10-9(11,12)6-14-8-3-1-7(5-13)2-4-8;/h1-4H,6H2;/q-1;+1. The van der Waals surface area contributed by atoms with E-state index in [9.17, 15) is 12.9 Å². The fourth-order valence-electron chi connectivity index (χ4n) is 0.816. The Bertz CT molecular complexity index is 346. The van der Waals surface area contributed by atoms with Crippen molar-refractivity contribution in [3.05, 3.63) is 29.8 Å². The Hall–Kier alpha value is 0.00130. The molecule has 0 saturated heterocycles. The summed E-state index contributed by atoms with van der Waals surface area (Å²) in [5.41, 5.74) is 0.384. The van der Waals surface area contributed by atoms with Crippen molar-refractivity contribution in [2.45, 2.75) is 0 Å². The Morgan fingerprint density at radius 3 is 2.13 bits per heavy atom. The summed E-state index contributed by atoms with van der Waals surface area (Å²) in [6.07, 6.45) is 0. The van der Waals surface area contributed by atoms with Gasteiger partial charge in [0, 0.05) is 0 Å². The SMILES string of the molecule is N#Cc1ccc(OC[B-](F)(F)F)cc1.[K+]. The van der Waals surface area contributed by atoms with Crippen molar-refractivity contribution in [3.8, 4) is 11.8 Å². The molecular formula is C8H6BF3KNO. The molecule has 0 amide bonds. The van der Waals surface area contributed by atoms with Crippen LogP contribution < -0.4 is 56.1 Å². The predicted octanol–water partition coefficient (Wildman–Crippen LogP) is -0.672. The van der Waals surface area contributed by atoms with E-state index in [2.05, 4.69) is 4.74 Å². The summed E-state index contributed by atoms with van der Waals surface area (Å²) in [5, 5.41) is 8.42. The van der Waals surface area contributed by atoms with E-state index in [4.69, 9.17) is 5.26 Å². The molecule has 0 aromatic heterocycles. The number of ether oxygens (including phenoxy) is 1. The molecule has 1 rings (SSSR count). The molecule has 0 N–H and O–H groups in total. The van der Waals surface area contributed by atoms with E-state index in [1.165, 1.54) is 24.3 Å². The van der Waals surface area contributed by atoms with E-state index in [1.54, 1.807) is 0 Å². The second-order valence-corrected chi connectivity index (χ2v) is 2.66. The summed E-state index contributed by atoms with van der Waals surface area (Å²) in [6.45, 7) is -6.19. The molecule has 0 aliphatic rings. The van der Waals surface area contributed by atoms with Gasteiger partial charge in [-0.05, 0) is 24.3 Å². The largest absolute Gasteiger partial charge is 1.00 e. The molecule has 0 unspecified atom stereocenters. The third-order valence-electron chi connectivity index (χ3n) is 1.42. The molecular weight excluding hydrogens is 233 g/mol. The van der Waals surface area contributed by atoms with Crippen LogP contribution in [0.15, 0.2) is 24.3 Å². The van der Waals surface area contributed by atoms with Gasteiger partial charge in [-0.3, -0.25) is 0 Å². The van der Waals surface area contributed by atoms with Crippen molar-refractivity contribution in [1.82, 2.24) is 0 Å². The second-order valence-electron chi connectivity index (χ2n) is 2.66. The van der Waals surface area contributed by atoms with Gasteiger partial charge in [-0.15, -0.1) is 0 Å². The van der Waals surface area contributed by atoms with E-state index in [-0.39, 0.29) is 57.1 Å². The van der Waals surface area contributed by atoms with Gasteiger partial charge in [0.25, 0.3) is 0 Å². The zero-order valence-corrected chi connectivity index (χ0v) is 11.2. The first-order chi connectivity index (χ1) is 6.51. The molecule has 0 fully saturated rings. The predicted molar refractivity (Wildman–Crippen MR) is 45.7 cm³/mol. The van der Waals surface area contributed by atoms with E-state index >= 15 is 0 Å². The molecule has 0 bridgehead atoms. The number of hydrogen-bond acceptors (Lipinski definition) is 2. The molecule has 0 spiro atoms. The number of nitriles is 1. The van der Waals surface area contributed by atoms with Crippen LogP contribution in [0.2, 0.25) is 0 Å². The van der Waals surface area contributed by atoms with Crippen LogP contribution in [0, 0.1) is 11.3 Å². The first kappa shape index (κ1) is 15.0.